The Morgan fingerprint density at radius 1 is 0.949 bits per heavy atom. The maximum Gasteiger partial charge on any atom is 0.121 e. The summed E-state index contributed by atoms with van der Waals surface area (Å²) >= 11 is 0. The van der Waals surface area contributed by atoms with E-state index >= 15 is 0 Å². The van der Waals surface area contributed by atoms with Crippen molar-refractivity contribution < 1.29 is 0 Å². The SMILES string of the molecule is C.CC(NCc1ccc(CN(Cc2nc3ccccc3[nH]2)C2CCCc3cccnc32)cc1)c1cnccn1. The van der Waals surface area contributed by atoms with E-state index < -0.39 is 0 Å². The number of H-pyrrole nitrogens is 1. The van der Waals surface area contributed by atoms with Crippen LogP contribution < -0.4 is 5.32 Å². The molecule has 0 spiro atoms. The molecule has 5 aromatic rings. The molecule has 2 atom stereocenters. The molecule has 0 radical (unpaired) electrons. The van der Waals surface area contributed by atoms with E-state index in [-0.39, 0.29) is 19.5 Å². The van der Waals surface area contributed by atoms with Gasteiger partial charge >= 0.3 is 0 Å². The zero-order valence-electron chi connectivity index (χ0n) is 21.7. The van der Waals surface area contributed by atoms with E-state index in [0.717, 1.165) is 55.0 Å². The van der Waals surface area contributed by atoms with Gasteiger partial charge in [0, 0.05) is 43.9 Å². The summed E-state index contributed by atoms with van der Waals surface area (Å²) in [6.45, 7) is 4.47. The maximum atomic E-state index is 4.89. The number of aryl methyl sites for hydroxylation is 1. The van der Waals surface area contributed by atoms with Crippen LogP contribution >= 0.6 is 0 Å². The quantitative estimate of drug-likeness (QED) is 0.237. The molecule has 3 heterocycles. The molecule has 39 heavy (non-hydrogen) atoms. The number of pyridine rings is 1. The molecule has 2 aromatic carbocycles. The lowest BCUT2D eigenvalue weighted by Crippen LogP contribution is -2.31. The van der Waals surface area contributed by atoms with E-state index in [2.05, 4.69) is 80.6 Å². The van der Waals surface area contributed by atoms with Crippen LogP contribution in [0.1, 0.15) is 73.2 Å². The van der Waals surface area contributed by atoms with Crippen LogP contribution in [0.5, 0.6) is 0 Å². The zero-order valence-corrected chi connectivity index (χ0v) is 21.7. The van der Waals surface area contributed by atoms with Gasteiger partial charge in [-0.3, -0.25) is 19.9 Å². The third-order valence-electron chi connectivity index (χ3n) is 7.45. The average molecular weight is 520 g/mol. The van der Waals surface area contributed by atoms with E-state index in [1.54, 1.807) is 12.4 Å². The third kappa shape index (κ3) is 6.21. The predicted molar refractivity (Wildman–Crippen MR) is 156 cm³/mol. The average Bonchev–Trinajstić information content (AvgIpc) is 3.39. The van der Waals surface area contributed by atoms with Crippen molar-refractivity contribution >= 4 is 11.0 Å². The van der Waals surface area contributed by atoms with Gasteiger partial charge in [0.15, 0.2) is 0 Å². The highest BCUT2D eigenvalue weighted by atomic mass is 15.2. The van der Waals surface area contributed by atoms with Gasteiger partial charge in [0.1, 0.15) is 5.82 Å². The van der Waals surface area contributed by atoms with Gasteiger partial charge < -0.3 is 10.3 Å². The van der Waals surface area contributed by atoms with Crippen molar-refractivity contribution in [3.63, 3.8) is 0 Å². The Kier molecular flexibility index (Phi) is 8.39. The summed E-state index contributed by atoms with van der Waals surface area (Å²) in [6.07, 6.45) is 10.6. The van der Waals surface area contributed by atoms with Crippen molar-refractivity contribution in [1.82, 2.24) is 35.1 Å². The summed E-state index contributed by atoms with van der Waals surface area (Å²) in [5.74, 6) is 0.994. The monoisotopic (exact) mass is 519 g/mol. The Balaban J connectivity index is 0.00000308. The lowest BCUT2D eigenvalue weighted by Gasteiger charge is -2.34. The third-order valence-corrected chi connectivity index (χ3v) is 7.45. The van der Waals surface area contributed by atoms with Crippen molar-refractivity contribution in [3.8, 4) is 0 Å². The first-order valence-electron chi connectivity index (χ1n) is 13.4. The van der Waals surface area contributed by atoms with Crippen LogP contribution in [0, 0.1) is 0 Å². The van der Waals surface area contributed by atoms with Gasteiger partial charge in [-0.1, -0.05) is 49.9 Å². The number of imidazole rings is 1. The molecule has 0 bridgehead atoms. The fourth-order valence-electron chi connectivity index (χ4n) is 5.40. The highest BCUT2D eigenvalue weighted by Crippen LogP contribution is 2.34. The van der Waals surface area contributed by atoms with Crippen LogP contribution in [0.3, 0.4) is 0 Å². The van der Waals surface area contributed by atoms with E-state index in [4.69, 9.17) is 9.97 Å². The minimum Gasteiger partial charge on any atom is -0.341 e. The molecule has 2 N–H and O–H groups in total. The van der Waals surface area contributed by atoms with Crippen LogP contribution in [0.25, 0.3) is 11.0 Å². The largest absolute Gasteiger partial charge is 0.341 e. The van der Waals surface area contributed by atoms with Gasteiger partial charge in [-0.2, -0.15) is 0 Å². The Hall–Kier alpha value is -3.94. The summed E-state index contributed by atoms with van der Waals surface area (Å²) in [7, 11) is 0. The molecule has 6 rings (SSSR count). The van der Waals surface area contributed by atoms with Gasteiger partial charge in [0.2, 0.25) is 0 Å². The first-order chi connectivity index (χ1) is 18.7. The van der Waals surface area contributed by atoms with Gasteiger partial charge in [0.05, 0.1) is 35.0 Å². The summed E-state index contributed by atoms with van der Waals surface area (Å²) in [4.78, 5) is 24.4. The van der Waals surface area contributed by atoms with E-state index in [1.165, 1.54) is 28.8 Å². The molecular formula is C32H37N7. The number of nitrogens with one attached hydrogen (secondary N) is 2. The first-order valence-corrected chi connectivity index (χ1v) is 13.4. The molecule has 0 amide bonds. The number of aromatic amines is 1. The van der Waals surface area contributed by atoms with Crippen LogP contribution in [0.2, 0.25) is 0 Å². The minimum atomic E-state index is 0. The van der Waals surface area contributed by atoms with Crippen LogP contribution in [-0.2, 0) is 26.1 Å². The van der Waals surface area contributed by atoms with Gasteiger partial charge in [0.25, 0.3) is 0 Å². The number of fused-ring (bicyclic) bond motifs is 2. The molecule has 1 aliphatic carbocycles. The molecule has 200 valence electrons. The number of hydrogen-bond acceptors (Lipinski definition) is 6. The maximum absolute atomic E-state index is 4.89. The van der Waals surface area contributed by atoms with Crippen molar-refractivity contribution in [3.05, 3.63) is 119 Å². The number of nitrogens with zero attached hydrogens (tertiary/aromatic N) is 5. The molecule has 1 aliphatic rings. The summed E-state index contributed by atoms with van der Waals surface area (Å²) < 4.78 is 0. The molecular weight excluding hydrogens is 482 g/mol. The fraction of sp³-hybridized carbons (Fsp3) is 0.312. The second kappa shape index (κ2) is 12.3. The lowest BCUT2D eigenvalue weighted by molar-refractivity contribution is 0.153. The number of benzene rings is 2. The van der Waals surface area contributed by atoms with E-state index in [1.807, 2.05) is 24.5 Å². The predicted octanol–water partition coefficient (Wildman–Crippen LogP) is 6.31. The van der Waals surface area contributed by atoms with Crippen molar-refractivity contribution in [2.45, 2.75) is 65.3 Å². The lowest BCUT2D eigenvalue weighted by atomic mass is 9.90. The van der Waals surface area contributed by atoms with Crippen molar-refractivity contribution in [1.29, 1.82) is 0 Å². The molecule has 7 nitrogen and oxygen atoms in total. The molecule has 0 saturated heterocycles. The Labute approximate surface area is 230 Å². The number of para-hydroxylation sites is 2. The standard InChI is InChI=1S/C31H33N7.CH4/c1-22(28-19-32-16-17-33-28)35-18-23-11-13-24(14-12-23)20-38(21-30-36-26-8-2-3-9-27(26)37-30)29-10-4-6-25-7-5-15-34-31(25)29;/h2-3,5,7-9,11-17,19,22,29,35H,4,6,10,18,20-21H2,1H3,(H,36,37);1H4. The highest BCUT2D eigenvalue weighted by molar-refractivity contribution is 5.74. The van der Waals surface area contributed by atoms with Gasteiger partial charge in [-0.05, 0) is 61.1 Å². The molecule has 2 unspecified atom stereocenters. The van der Waals surface area contributed by atoms with Crippen LogP contribution in [-0.4, -0.2) is 29.8 Å². The normalized spacial score (nSPS) is 15.6. The summed E-state index contributed by atoms with van der Waals surface area (Å²) in [5.41, 5.74) is 8.17. The van der Waals surface area contributed by atoms with Crippen LogP contribution in [0.4, 0.5) is 0 Å². The Bertz CT molecular complexity index is 1450. The zero-order chi connectivity index (χ0) is 25.7. The molecule has 7 heteroatoms. The van der Waals surface area contributed by atoms with Crippen LogP contribution in [0.15, 0.2) is 85.5 Å². The second-order valence-corrected chi connectivity index (χ2v) is 10.1. The summed E-state index contributed by atoms with van der Waals surface area (Å²) in [6, 6.07) is 21.9. The van der Waals surface area contributed by atoms with E-state index in [0.29, 0.717) is 0 Å². The van der Waals surface area contributed by atoms with Crippen molar-refractivity contribution in [2.24, 2.45) is 0 Å². The van der Waals surface area contributed by atoms with E-state index in [9.17, 15) is 0 Å². The molecule has 0 saturated carbocycles. The number of aromatic nitrogens is 5. The molecule has 3 aromatic heterocycles. The summed E-state index contributed by atoms with van der Waals surface area (Å²) in [5, 5.41) is 3.55. The van der Waals surface area contributed by atoms with Gasteiger partial charge in [-0.25, -0.2) is 4.98 Å². The number of hydrogen-bond donors (Lipinski definition) is 2. The Morgan fingerprint density at radius 3 is 2.62 bits per heavy atom. The minimum absolute atomic E-state index is 0. The second-order valence-electron chi connectivity index (χ2n) is 10.1. The first kappa shape index (κ1) is 26.7. The highest BCUT2D eigenvalue weighted by Gasteiger charge is 2.28. The van der Waals surface area contributed by atoms with Gasteiger partial charge in [-0.15, -0.1) is 0 Å². The smallest absolute Gasteiger partial charge is 0.121 e. The molecule has 0 aliphatic heterocycles. The van der Waals surface area contributed by atoms with Crippen molar-refractivity contribution in [2.75, 3.05) is 0 Å². The Morgan fingerprint density at radius 2 is 1.79 bits per heavy atom. The fourth-order valence-corrected chi connectivity index (χ4v) is 5.40. The number of rotatable bonds is 9. The topological polar surface area (TPSA) is 82.6 Å². The molecule has 0 fully saturated rings.